The Labute approximate surface area is 154 Å². The summed E-state index contributed by atoms with van der Waals surface area (Å²) in [4.78, 5) is 0. The van der Waals surface area contributed by atoms with E-state index in [1.807, 2.05) is 13.8 Å². The summed E-state index contributed by atoms with van der Waals surface area (Å²) >= 11 is 0. The molecule has 4 aromatic rings. The molecule has 0 aliphatic rings. The molecule has 0 atom stereocenters. The highest BCUT2D eigenvalue weighted by molar-refractivity contribution is 5.40. The van der Waals surface area contributed by atoms with Crippen LogP contribution >= 0.6 is 0 Å². The molecule has 0 saturated heterocycles. The highest BCUT2D eigenvalue weighted by Crippen LogP contribution is 2.28. The van der Waals surface area contributed by atoms with Crippen LogP contribution in [0.5, 0.6) is 11.8 Å². The van der Waals surface area contributed by atoms with E-state index in [9.17, 15) is 8.78 Å². The normalized spacial score (nSPS) is 11.0. The van der Waals surface area contributed by atoms with Crippen LogP contribution in [-0.2, 0) is 0 Å². The van der Waals surface area contributed by atoms with Crippen LogP contribution in [0.3, 0.4) is 0 Å². The van der Waals surface area contributed by atoms with Crippen LogP contribution in [0.25, 0.3) is 11.4 Å². The average Bonchev–Trinajstić information content (AvgIpc) is 3.19. The van der Waals surface area contributed by atoms with E-state index in [-0.39, 0.29) is 11.6 Å². The van der Waals surface area contributed by atoms with E-state index in [0.717, 1.165) is 11.4 Å². The standard InChI is InChI=1S/C20H16F2N4O/c1-13-11-19(25(23-13)17-7-3-15(21)4-8-17)27-20-12-14(2)24-26(20)18-9-5-16(22)6-10-18/h3-12H,1-2H3. The van der Waals surface area contributed by atoms with Crippen LogP contribution in [0.4, 0.5) is 8.78 Å². The molecule has 7 heteroatoms. The smallest absolute Gasteiger partial charge is 0.224 e. The second-order valence-corrected chi connectivity index (χ2v) is 6.13. The van der Waals surface area contributed by atoms with Gasteiger partial charge in [0.2, 0.25) is 11.8 Å². The first kappa shape index (κ1) is 17.0. The predicted molar refractivity (Wildman–Crippen MR) is 96.6 cm³/mol. The van der Waals surface area contributed by atoms with Crippen molar-refractivity contribution in [2.75, 3.05) is 0 Å². The number of nitrogens with zero attached hydrogens (tertiary/aromatic N) is 4. The summed E-state index contributed by atoms with van der Waals surface area (Å²) in [5, 5.41) is 8.83. The fourth-order valence-electron chi connectivity index (χ4n) is 2.74. The zero-order valence-corrected chi connectivity index (χ0v) is 14.7. The number of aromatic nitrogens is 4. The summed E-state index contributed by atoms with van der Waals surface area (Å²) in [7, 11) is 0. The first-order valence-electron chi connectivity index (χ1n) is 8.33. The van der Waals surface area contributed by atoms with Crippen LogP contribution in [0.2, 0.25) is 0 Å². The molecule has 0 radical (unpaired) electrons. The van der Waals surface area contributed by atoms with E-state index in [2.05, 4.69) is 10.2 Å². The van der Waals surface area contributed by atoms with Gasteiger partial charge in [0.15, 0.2) is 0 Å². The maximum Gasteiger partial charge on any atom is 0.224 e. The summed E-state index contributed by atoms with van der Waals surface area (Å²) < 4.78 is 35.7. The molecule has 0 bridgehead atoms. The molecule has 0 saturated carbocycles. The lowest BCUT2D eigenvalue weighted by molar-refractivity contribution is 0.413. The number of hydrogen-bond acceptors (Lipinski definition) is 3. The molecule has 2 aromatic carbocycles. The fraction of sp³-hybridized carbons (Fsp3) is 0.100. The number of hydrogen-bond donors (Lipinski definition) is 0. The van der Waals surface area contributed by atoms with Crippen molar-refractivity contribution in [3.8, 4) is 23.1 Å². The third-order valence-corrected chi connectivity index (χ3v) is 3.95. The Morgan fingerprint density at radius 1 is 0.667 bits per heavy atom. The summed E-state index contributed by atoms with van der Waals surface area (Å²) in [5.41, 5.74) is 2.84. The predicted octanol–water partition coefficient (Wildman–Crippen LogP) is 4.75. The lowest BCUT2D eigenvalue weighted by Gasteiger charge is -2.10. The van der Waals surface area contributed by atoms with Gasteiger partial charge in [0.05, 0.1) is 22.8 Å². The lowest BCUT2D eigenvalue weighted by Crippen LogP contribution is -2.03. The molecule has 136 valence electrons. The summed E-state index contributed by atoms with van der Waals surface area (Å²) in [5.74, 6) is 0.273. The zero-order valence-electron chi connectivity index (χ0n) is 14.7. The summed E-state index contributed by atoms with van der Waals surface area (Å²) in [6.45, 7) is 3.69. The Bertz CT molecular complexity index is 995. The van der Waals surface area contributed by atoms with Gasteiger partial charge in [-0.3, -0.25) is 0 Å². The Hall–Kier alpha value is -3.48. The molecule has 0 fully saturated rings. The lowest BCUT2D eigenvalue weighted by atomic mass is 10.3. The van der Waals surface area contributed by atoms with Crippen molar-refractivity contribution >= 4 is 0 Å². The first-order chi connectivity index (χ1) is 13.0. The molecule has 0 spiro atoms. The molecule has 2 heterocycles. The van der Waals surface area contributed by atoms with Crippen LogP contribution in [0, 0.1) is 25.5 Å². The van der Waals surface area contributed by atoms with Gasteiger partial charge in [-0.05, 0) is 62.4 Å². The third kappa shape index (κ3) is 3.44. The molecule has 0 amide bonds. The molecular formula is C20H16F2N4O. The fourth-order valence-corrected chi connectivity index (χ4v) is 2.74. The Kier molecular flexibility index (Phi) is 4.19. The van der Waals surface area contributed by atoms with Crippen LogP contribution in [0.15, 0.2) is 60.7 Å². The van der Waals surface area contributed by atoms with Gasteiger partial charge in [0.1, 0.15) is 11.6 Å². The van der Waals surface area contributed by atoms with Gasteiger partial charge in [0.25, 0.3) is 0 Å². The Balaban J connectivity index is 1.73. The van der Waals surface area contributed by atoms with Crippen molar-refractivity contribution in [3.63, 3.8) is 0 Å². The van der Waals surface area contributed by atoms with Crippen molar-refractivity contribution in [1.29, 1.82) is 0 Å². The molecule has 0 unspecified atom stereocenters. The molecule has 0 N–H and O–H groups in total. The highest BCUT2D eigenvalue weighted by atomic mass is 19.1. The number of benzene rings is 2. The monoisotopic (exact) mass is 366 g/mol. The largest absolute Gasteiger partial charge is 0.420 e. The molecule has 0 aliphatic carbocycles. The van der Waals surface area contributed by atoms with Gasteiger partial charge in [-0.2, -0.15) is 10.2 Å². The molecule has 5 nitrogen and oxygen atoms in total. The van der Waals surface area contributed by atoms with E-state index in [1.54, 1.807) is 45.8 Å². The number of rotatable bonds is 4. The zero-order chi connectivity index (χ0) is 19.0. The quantitative estimate of drug-likeness (QED) is 0.524. The minimum absolute atomic E-state index is 0.324. The van der Waals surface area contributed by atoms with E-state index in [1.165, 1.54) is 24.3 Å². The second-order valence-electron chi connectivity index (χ2n) is 6.13. The van der Waals surface area contributed by atoms with Gasteiger partial charge < -0.3 is 4.74 Å². The summed E-state index contributed by atoms with van der Waals surface area (Å²) in [6.07, 6.45) is 0. The van der Waals surface area contributed by atoms with Gasteiger partial charge >= 0.3 is 0 Å². The Morgan fingerprint density at radius 3 is 1.41 bits per heavy atom. The van der Waals surface area contributed by atoms with Gasteiger partial charge in [-0.25, -0.2) is 18.1 Å². The first-order valence-corrected chi connectivity index (χ1v) is 8.33. The minimum atomic E-state index is -0.324. The van der Waals surface area contributed by atoms with Crippen molar-refractivity contribution in [2.45, 2.75) is 13.8 Å². The molecule has 4 rings (SSSR count). The van der Waals surface area contributed by atoms with Crippen LogP contribution < -0.4 is 4.74 Å². The highest BCUT2D eigenvalue weighted by Gasteiger charge is 2.15. The number of halogens is 2. The maximum absolute atomic E-state index is 13.2. The number of aryl methyl sites for hydroxylation is 2. The molecular weight excluding hydrogens is 350 g/mol. The van der Waals surface area contributed by atoms with Gasteiger partial charge in [-0.1, -0.05) is 0 Å². The molecule has 2 aromatic heterocycles. The second kappa shape index (κ2) is 6.68. The van der Waals surface area contributed by atoms with Crippen molar-refractivity contribution < 1.29 is 13.5 Å². The SMILES string of the molecule is Cc1cc(Oc2cc(C)nn2-c2ccc(F)cc2)n(-c2ccc(F)cc2)n1. The van der Waals surface area contributed by atoms with Crippen molar-refractivity contribution in [1.82, 2.24) is 19.6 Å². The third-order valence-electron chi connectivity index (χ3n) is 3.95. The topological polar surface area (TPSA) is 44.9 Å². The van der Waals surface area contributed by atoms with Crippen molar-refractivity contribution in [3.05, 3.63) is 83.7 Å². The van der Waals surface area contributed by atoms with Crippen LogP contribution in [0.1, 0.15) is 11.4 Å². The van der Waals surface area contributed by atoms with E-state index >= 15 is 0 Å². The molecule has 27 heavy (non-hydrogen) atoms. The molecule has 0 aliphatic heterocycles. The maximum atomic E-state index is 13.2. The van der Waals surface area contributed by atoms with E-state index in [0.29, 0.717) is 23.1 Å². The average molecular weight is 366 g/mol. The number of ether oxygens (including phenoxy) is 1. The Morgan fingerprint density at radius 2 is 1.04 bits per heavy atom. The summed E-state index contributed by atoms with van der Waals surface area (Å²) in [6, 6.07) is 15.5. The van der Waals surface area contributed by atoms with Crippen LogP contribution in [-0.4, -0.2) is 19.6 Å². The van der Waals surface area contributed by atoms with Gasteiger partial charge in [-0.15, -0.1) is 0 Å². The van der Waals surface area contributed by atoms with Gasteiger partial charge in [0, 0.05) is 12.1 Å². The van der Waals surface area contributed by atoms with E-state index < -0.39 is 0 Å². The van der Waals surface area contributed by atoms with Crippen molar-refractivity contribution in [2.24, 2.45) is 0 Å². The minimum Gasteiger partial charge on any atom is -0.420 e. The van der Waals surface area contributed by atoms with E-state index in [4.69, 9.17) is 4.74 Å².